The highest BCUT2D eigenvalue weighted by Crippen LogP contribution is 2.37. The number of hydrogen-bond donors (Lipinski definition) is 2. The quantitative estimate of drug-likeness (QED) is 0.760. The van der Waals surface area contributed by atoms with Crippen LogP contribution in [0.15, 0.2) is 42.6 Å². The summed E-state index contributed by atoms with van der Waals surface area (Å²) < 4.78 is 5.26. The molecule has 1 aromatic carbocycles. The van der Waals surface area contributed by atoms with Crippen LogP contribution >= 0.6 is 0 Å². The number of aromatic amines is 2. The summed E-state index contributed by atoms with van der Waals surface area (Å²) in [5.74, 6) is 0. The third kappa shape index (κ3) is 2.20. The molecule has 0 spiro atoms. The molecule has 0 radical (unpaired) electrons. The number of nitrogens with one attached hydrogen (secondary N) is 2. The molecule has 2 N–H and O–H groups in total. The molecule has 2 aromatic heterocycles. The van der Waals surface area contributed by atoms with Crippen molar-refractivity contribution in [1.29, 1.82) is 0 Å². The lowest BCUT2D eigenvalue weighted by Gasteiger charge is -2.34. The summed E-state index contributed by atoms with van der Waals surface area (Å²) in [5.41, 5.74) is 4.47. The van der Waals surface area contributed by atoms with Crippen molar-refractivity contribution in [2.45, 2.75) is 19.4 Å². The minimum absolute atomic E-state index is 0.166. The molecule has 3 aromatic rings. The molecule has 23 heavy (non-hydrogen) atoms. The fraction of sp³-hybridized carbons (Fsp3) is 0.278. The zero-order valence-corrected chi connectivity index (χ0v) is 13.0. The lowest BCUT2D eigenvalue weighted by atomic mass is 9.96. The second-order valence-corrected chi connectivity index (χ2v) is 5.73. The number of fused-ring (bicyclic) bond motifs is 3. The van der Waals surface area contributed by atoms with Crippen LogP contribution in [0.5, 0.6) is 0 Å². The highest BCUT2D eigenvalue weighted by molar-refractivity contribution is 5.86. The molecule has 0 aliphatic carbocycles. The molecule has 5 nitrogen and oxygen atoms in total. The van der Waals surface area contributed by atoms with Crippen LogP contribution in [-0.2, 0) is 11.2 Å². The first kappa shape index (κ1) is 13.9. The van der Waals surface area contributed by atoms with Gasteiger partial charge in [0, 0.05) is 35.0 Å². The van der Waals surface area contributed by atoms with Gasteiger partial charge in [-0.1, -0.05) is 18.2 Å². The standard InChI is InChI=1S/C18H19N3O2/c1-2-23-18(22)21-11-9-13-12-6-3-4-7-14(12)20-16(13)17(21)15-8-5-10-19-15/h3-8,10,17,19-20H,2,9,11H2,1H3. The van der Waals surface area contributed by atoms with E-state index in [0.717, 1.165) is 23.3 Å². The van der Waals surface area contributed by atoms with E-state index in [1.165, 1.54) is 10.9 Å². The number of nitrogens with zero attached hydrogens (tertiary/aromatic N) is 1. The van der Waals surface area contributed by atoms with Crippen molar-refractivity contribution >= 4 is 17.0 Å². The predicted octanol–water partition coefficient (Wildman–Crippen LogP) is 3.60. The van der Waals surface area contributed by atoms with E-state index in [-0.39, 0.29) is 12.1 Å². The molecule has 0 bridgehead atoms. The molecule has 0 fully saturated rings. The Morgan fingerprint density at radius 1 is 1.30 bits per heavy atom. The maximum atomic E-state index is 12.4. The van der Waals surface area contributed by atoms with Gasteiger partial charge in [0.15, 0.2) is 0 Å². The van der Waals surface area contributed by atoms with E-state index in [2.05, 4.69) is 28.2 Å². The maximum absolute atomic E-state index is 12.4. The summed E-state index contributed by atoms with van der Waals surface area (Å²) in [6, 6.07) is 12.1. The van der Waals surface area contributed by atoms with Gasteiger partial charge < -0.3 is 14.7 Å². The molecular weight excluding hydrogens is 290 g/mol. The molecule has 0 saturated carbocycles. The number of carbonyl (C=O) groups is 1. The van der Waals surface area contributed by atoms with Gasteiger partial charge in [0.05, 0.1) is 6.61 Å². The van der Waals surface area contributed by atoms with Crippen molar-refractivity contribution in [2.24, 2.45) is 0 Å². The number of aromatic nitrogens is 2. The van der Waals surface area contributed by atoms with Gasteiger partial charge in [-0.15, -0.1) is 0 Å². The first-order valence-electron chi connectivity index (χ1n) is 7.95. The number of hydrogen-bond acceptors (Lipinski definition) is 2. The average Bonchev–Trinajstić information content (AvgIpc) is 3.21. The van der Waals surface area contributed by atoms with Crippen LogP contribution in [0, 0.1) is 0 Å². The van der Waals surface area contributed by atoms with Gasteiger partial charge in [-0.25, -0.2) is 4.79 Å². The van der Waals surface area contributed by atoms with Gasteiger partial charge in [-0.05, 0) is 37.1 Å². The lowest BCUT2D eigenvalue weighted by molar-refractivity contribution is 0.0926. The molecule has 118 valence electrons. The molecular formula is C18H19N3O2. The molecule has 1 aliphatic heterocycles. The molecule has 1 unspecified atom stereocenters. The van der Waals surface area contributed by atoms with Crippen molar-refractivity contribution in [3.8, 4) is 0 Å². The molecule has 1 atom stereocenters. The largest absolute Gasteiger partial charge is 0.450 e. The minimum atomic E-state index is -0.267. The third-order valence-corrected chi connectivity index (χ3v) is 4.45. The Hall–Kier alpha value is -2.69. The molecule has 4 rings (SSSR count). The summed E-state index contributed by atoms with van der Waals surface area (Å²) in [4.78, 5) is 21.0. The van der Waals surface area contributed by atoms with E-state index in [1.807, 2.05) is 31.3 Å². The van der Waals surface area contributed by atoms with E-state index in [9.17, 15) is 4.79 Å². The van der Waals surface area contributed by atoms with E-state index in [4.69, 9.17) is 4.74 Å². The zero-order valence-electron chi connectivity index (χ0n) is 13.0. The van der Waals surface area contributed by atoms with Gasteiger partial charge in [0.25, 0.3) is 0 Å². The Bertz CT molecular complexity index is 835. The summed E-state index contributed by atoms with van der Waals surface area (Å²) in [7, 11) is 0. The second kappa shape index (κ2) is 5.50. The zero-order chi connectivity index (χ0) is 15.8. The topological polar surface area (TPSA) is 61.1 Å². The fourth-order valence-electron chi connectivity index (χ4n) is 3.48. The van der Waals surface area contributed by atoms with Gasteiger partial charge >= 0.3 is 6.09 Å². The Morgan fingerprint density at radius 3 is 2.96 bits per heavy atom. The van der Waals surface area contributed by atoms with Crippen LogP contribution in [-0.4, -0.2) is 34.1 Å². The number of amides is 1. The van der Waals surface area contributed by atoms with Crippen molar-refractivity contribution in [2.75, 3.05) is 13.2 Å². The van der Waals surface area contributed by atoms with Crippen LogP contribution in [0.2, 0.25) is 0 Å². The van der Waals surface area contributed by atoms with Gasteiger partial charge in [0.2, 0.25) is 0 Å². The van der Waals surface area contributed by atoms with E-state index in [1.54, 1.807) is 4.90 Å². The number of carbonyl (C=O) groups excluding carboxylic acids is 1. The normalized spacial score (nSPS) is 17.3. The monoisotopic (exact) mass is 309 g/mol. The molecule has 1 aliphatic rings. The summed E-state index contributed by atoms with van der Waals surface area (Å²) in [6.07, 6.45) is 2.45. The van der Waals surface area contributed by atoms with E-state index < -0.39 is 0 Å². The SMILES string of the molecule is CCOC(=O)N1CCc2c([nH]c3ccccc23)C1c1ccc[nH]1. The highest BCUT2D eigenvalue weighted by atomic mass is 16.6. The number of benzene rings is 1. The van der Waals surface area contributed by atoms with E-state index in [0.29, 0.717) is 13.2 Å². The van der Waals surface area contributed by atoms with Gasteiger partial charge in [-0.2, -0.15) is 0 Å². The lowest BCUT2D eigenvalue weighted by Crippen LogP contribution is -2.41. The Labute approximate surface area is 134 Å². The van der Waals surface area contributed by atoms with Crippen molar-refractivity contribution in [3.63, 3.8) is 0 Å². The Kier molecular flexibility index (Phi) is 3.33. The third-order valence-electron chi connectivity index (χ3n) is 4.45. The number of rotatable bonds is 2. The van der Waals surface area contributed by atoms with Crippen molar-refractivity contribution < 1.29 is 9.53 Å². The van der Waals surface area contributed by atoms with Crippen molar-refractivity contribution in [3.05, 3.63) is 59.5 Å². The smallest absolute Gasteiger partial charge is 0.410 e. The number of para-hydroxylation sites is 1. The van der Waals surface area contributed by atoms with Crippen LogP contribution < -0.4 is 0 Å². The van der Waals surface area contributed by atoms with Crippen LogP contribution in [0.4, 0.5) is 4.79 Å². The summed E-state index contributed by atoms with van der Waals surface area (Å²) >= 11 is 0. The first-order chi connectivity index (χ1) is 11.3. The predicted molar refractivity (Wildman–Crippen MR) is 88.4 cm³/mol. The van der Waals surface area contributed by atoms with Crippen LogP contribution in [0.25, 0.3) is 10.9 Å². The molecule has 0 saturated heterocycles. The van der Waals surface area contributed by atoms with E-state index >= 15 is 0 Å². The summed E-state index contributed by atoms with van der Waals surface area (Å²) in [6.45, 7) is 2.86. The average molecular weight is 309 g/mol. The molecule has 1 amide bonds. The van der Waals surface area contributed by atoms with Crippen LogP contribution in [0.3, 0.4) is 0 Å². The number of ether oxygens (including phenoxy) is 1. The Balaban J connectivity index is 1.86. The Morgan fingerprint density at radius 2 is 2.17 bits per heavy atom. The van der Waals surface area contributed by atoms with Gasteiger partial charge in [-0.3, -0.25) is 4.90 Å². The van der Waals surface area contributed by atoms with Crippen LogP contribution in [0.1, 0.15) is 29.9 Å². The summed E-state index contributed by atoms with van der Waals surface area (Å²) in [5, 5.41) is 1.24. The second-order valence-electron chi connectivity index (χ2n) is 5.73. The van der Waals surface area contributed by atoms with Crippen molar-refractivity contribution in [1.82, 2.24) is 14.9 Å². The maximum Gasteiger partial charge on any atom is 0.410 e. The molecule has 3 heterocycles. The first-order valence-corrected chi connectivity index (χ1v) is 7.95. The van der Waals surface area contributed by atoms with Gasteiger partial charge in [0.1, 0.15) is 6.04 Å². The molecule has 5 heteroatoms. The highest BCUT2D eigenvalue weighted by Gasteiger charge is 2.35. The minimum Gasteiger partial charge on any atom is -0.450 e. The number of H-pyrrole nitrogens is 2. The fourth-order valence-corrected chi connectivity index (χ4v) is 3.48.